The van der Waals surface area contributed by atoms with E-state index < -0.39 is 0 Å². The molecule has 2 amide bonds. The number of benzene rings is 1. The minimum absolute atomic E-state index is 0.102. The van der Waals surface area contributed by atoms with Crippen LogP contribution in [0.2, 0.25) is 0 Å². The van der Waals surface area contributed by atoms with Gasteiger partial charge in [0.2, 0.25) is 11.8 Å². The Morgan fingerprint density at radius 1 is 1.28 bits per heavy atom. The van der Waals surface area contributed by atoms with Crippen molar-refractivity contribution in [3.8, 4) is 17.3 Å². The van der Waals surface area contributed by atoms with Crippen LogP contribution in [-0.2, 0) is 9.59 Å². The highest BCUT2D eigenvalue weighted by Crippen LogP contribution is 2.34. The van der Waals surface area contributed by atoms with Crippen molar-refractivity contribution < 1.29 is 9.59 Å². The number of anilines is 1. The van der Waals surface area contributed by atoms with Gasteiger partial charge in [0.05, 0.1) is 22.0 Å². The van der Waals surface area contributed by atoms with Gasteiger partial charge in [-0.05, 0) is 26.3 Å². The van der Waals surface area contributed by atoms with E-state index in [1.54, 1.807) is 0 Å². The zero-order valence-corrected chi connectivity index (χ0v) is 20.2. The van der Waals surface area contributed by atoms with E-state index in [0.717, 1.165) is 26.7 Å². The SMILES string of the molecule is Cc1ccc(-c2csc(/C=C3/SCC(=O)N3CC(=O)Nc3sc(C)c(C)c3C#N)n2)cc1. The van der Waals surface area contributed by atoms with Gasteiger partial charge in [-0.15, -0.1) is 22.7 Å². The van der Waals surface area contributed by atoms with Gasteiger partial charge in [0.1, 0.15) is 22.6 Å². The van der Waals surface area contributed by atoms with E-state index in [-0.39, 0.29) is 24.1 Å². The molecule has 6 nitrogen and oxygen atoms in total. The van der Waals surface area contributed by atoms with E-state index in [4.69, 9.17) is 0 Å². The fraction of sp³-hybridized carbons (Fsp3) is 0.217. The lowest BCUT2D eigenvalue weighted by atomic mass is 10.1. The Bertz CT molecular complexity index is 1270. The quantitative estimate of drug-likeness (QED) is 0.544. The van der Waals surface area contributed by atoms with Crippen molar-refractivity contribution >= 4 is 57.3 Å². The van der Waals surface area contributed by atoms with Gasteiger partial charge < -0.3 is 5.32 Å². The number of nitrogens with one attached hydrogen (secondary N) is 1. The summed E-state index contributed by atoms with van der Waals surface area (Å²) in [5.74, 6) is -0.162. The van der Waals surface area contributed by atoms with Crippen LogP contribution >= 0.6 is 34.4 Å². The second-order valence-corrected chi connectivity index (χ2v) is 10.4. The zero-order valence-electron chi connectivity index (χ0n) is 17.8. The van der Waals surface area contributed by atoms with Crippen LogP contribution in [0.4, 0.5) is 5.00 Å². The molecule has 0 atom stereocenters. The van der Waals surface area contributed by atoms with Gasteiger partial charge in [-0.25, -0.2) is 4.98 Å². The zero-order chi connectivity index (χ0) is 22.8. The van der Waals surface area contributed by atoms with Crippen LogP contribution in [0.5, 0.6) is 0 Å². The Balaban J connectivity index is 1.50. The number of amides is 2. The molecule has 1 aromatic carbocycles. The highest BCUT2D eigenvalue weighted by molar-refractivity contribution is 8.04. The average Bonchev–Trinajstić information content (AvgIpc) is 3.43. The molecule has 3 aromatic rings. The third-order valence-electron chi connectivity index (χ3n) is 5.08. The van der Waals surface area contributed by atoms with Crippen LogP contribution in [0.25, 0.3) is 17.3 Å². The van der Waals surface area contributed by atoms with Crippen molar-refractivity contribution in [2.45, 2.75) is 20.8 Å². The molecule has 162 valence electrons. The number of aromatic nitrogens is 1. The minimum atomic E-state index is -0.330. The molecule has 3 heterocycles. The minimum Gasteiger partial charge on any atom is -0.315 e. The van der Waals surface area contributed by atoms with E-state index in [9.17, 15) is 14.9 Å². The Morgan fingerprint density at radius 2 is 2.03 bits per heavy atom. The first kappa shape index (κ1) is 22.3. The number of hydrogen-bond acceptors (Lipinski definition) is 7. The highest BCUT2D eigenvalue weighted by atomic mass is 32.2. The van der Waals surface area contributed by atoms with Crippen molar-refractivity contribution in [3.05, 3.63) is 61.2 Å². The molecule has 2 aromatic heterocycles. The summed E-state index contributed by atoms with van der Waals surface area (Å²) in [4.78, 5) is 32.2. The van der Waals surface area contributed by atoms with Gasteiger partial charge in [-0.1, -0.05) is 41.6 Å². The molecule has 1 fully saturated rings. The number of thioether (sulfide) groups is 1. The number of thiazole rings is 1. The average molecular weight is 481 g/mol. The summed E-state index contributed by atoms with van der Waals surface area (Å²) >= 11 is 4.26. The van der Waals surface area contributed by atoms with Gasteiger partial charge >= 0.3 is 0 Å². The lowest BCUT2D eigenvalue weighted by molar-refractivity contribution is -0.129. The standard InChI is InChI=1S/C23H20N4O2S3/c1-13-4-6-16(7-5-13)18-11-30-20(25-18)8-22-27(21(29)12-31-22)10-19(28)26-23-17(9-24)14(2)15(3)32-23/h4-8,11H,10,12H2,1-3H3,(H,26,28)/b22-8+. The first-order valence-electron chi connectivity index (χ1n) is 9.83. The molecular formula is C23H20N4O2S3. The number of nitriles is 1. The van der Waals surface area contributed by atoms with Gasteiger partial charge in [-0.3, -0.25) is 14.5 Å². The molecular weight excluding hydrogens is 460 g/mol. The fourth-order valence-corrected chi connectivity index (χ4v) is 5.97. The van der Waals surface area contributed by atoms with Crippen molar-refractivity contribution in [3.63, 3.8) is 0 Å². The van der Waals surface area contributed by atoms with E-state index in [0.29, 0.717) is 15.6 Å². The van der Waals surface area contributed by atoms with Crippen LogP contribution in [0.15, 0.2) is 34.7 Å². The molecule has 9 heteroatoms. The monoisotopic (exact) mass is 480 g/mol. The van der Waals surface area contributed by atoms with Gasteiger partial charge in [0, 0.05) is 21.9 Å². The smallest absolute Gasteiger partial charge is 0.245 e. The Labute approximate surface area is 198 Å². The summed E-state index contributed by atoms with van der Waals surface area (Å²) in [7, 11) is 0. The largest absolute Gasteiger partial charge is 0.315 e. The van der Waals surface area contributed by atoms with Crippen molar-refractivity contribution in [2.75, 3.05) is 17.6 Å². The summed E-state index contributed by atoms with van der Waals surface area (Å²) in [6.07, 6.45) is 1.85. The molecule has 1 N–H and O–H groups in total. The second-order valence-electron chi connectivity index (χ2n) is 7.34. The number of aryl methyl sites for hydroxylation is 2. The first-order chi connectivity index (χ1) is 15.4. The second kappa shape index (κ2) is 9.28. The molecule has 0 unspecified atom stereocenters. The van der Waals surface area contributed by atoms with E-state index in [1.165, 1.54) is 44.9 Å². The molecule has 0 radical (unpaired) electrons. The number of nitrogens with zero attached hydrogens (tertiary/aromatic N) is 3. The normalized spacial score (nSPS) is 14.8. The predicted molar refractivity (Wildman–Crippen MR) is 132 cm³/mol. The first-order valence-corrected chi connectivity index (χ1v) is 12.5. The Hall–Kier alpha value is -2.93. The third kappa shape index (κ3) is 4.63. The number of hydrogen-bond donors (Lipinski definition) is 1. The van der Waals surface area contributed by atoms with Gasteiger partial charge in [-0.2, -0.15) is 5.26 Å². The molecule has 0 bridgehead atoms. The number of rotatable bonds is 5. The number of carbonyl (C=O) groups is 2. The molecule has 0 spiro atoms. The summed E-state index contributed by atoms with van der Waals surface area (Å²) in [6, 6.07) is 10.3. The van der Waals surface area contributed by atoms with Gasteiger partial charge in [0.15, 0.2) is 0 Å². The van der Waals surface area contributed by atoms with E-state index >= 15 is 0 Å². The maximum absolute atomic E-state index is 12.7. The van der Waals surface area contributed by atoms with Crippen LogP contribution in [0.3, 0.4) is 0 Å². The lowest BCUT2D eigenvalue weighted by Gasteiger charge is -2.16. The Kier molecular flexibility index (Phi) is 6.46. The Morgan fingerprint density at radius 3 is 2.75 bits per heavy atom. The van der Waals surface area contributed by atoms with Crippen LogP contribution < -0.4 is 5.32 Å². The van der Waals surface area contributed by atoms with Crippen molar-refractivity contribution in [2.24, 2.45) is 0 Å². The molecule has 0 saturated carbocycles. The maximum Gasteiger partial charge on any atom is 0.245 e. The van der Waals surface area contributed by atoms with Crippen molar-refractivity contribution in [1.29, 1.82) is 5.26 Å². The summed E-state index contributed by atoms with van der Waals surface area (Å²) in [5, 5.41) is 16.2. The number of carbonyl (C=O) groups excluding carboxylic acids is 2. The van der Waals surface area contributed by atoms with Crippen molar-refractivity contribution in [1.82, 2.24) is 9.88 Å². The lowest BCUT2D eigenvalue weighted by Crippen LogP contribution is -2.33. The molecule has 0 aliphatic carbocycles. The van der Waals surface area contributed by atoms with Gasteiger partial charge in [0.25, 0.3) is 0 Å². The highest BCUT2D eigenvalue weighted by Gasteiger charge is 2.29. The van der Waals surface area contributed by atoms with Crippen LogP contribution in [0, 0.1) is 32.1 Å². The van der Waals surface area contributed by atoms with E-state index in [1.807, 2.05) is 56.5 Å². The summed E-state index contributed by atoms with van der Waals surface area (Å²) in [6.45, 7) is 5.72. The van der Waals surface area contributed by atoms with Crippen LogP contribution in [-0.4, -0.2) is 34.0 Å². The molecule has 32 heavy (non-hydrogen) atoms. The fourth-order valence-electron chi connectivity index (χ4n) is 3.18. The van der Waals surface area contributed by atoms with Crippen LogP contribution in [0.1, 0.15) is 26.6 Å². The topological polar surface area (TPSA) is 86.1 Å². The molecule has 1 aliphatic rings. The summed E-state index contributed by atoms with van der Waals surface area (Å²) < 4.78 is 0. The predicted octanol–water partition coefficient (Wildman–Crippen LogP) is 5.18. The maximum atomic E-state index is 12.7. The number of thiophene rings is 1. The molecule has 4 rings (SSSR count). The molecule has 1 aliphatic heterocycles. The third-order valence-corrected chi connectivity index (χ3v) is 8.02. The summed E-state index contributed by atoms with van der Waals surface area (Å²) in [5.41, 5.74) is 4.46. The molecule has 1 saturated heterocycles. The van der Waals surface area contributed by atoms with E-state index in [2.05, 4.69) is 16.4 Å².